The minimum absolute atomic E-state index is 0.110. The molecule has 1 aromatic carbocycles. The molecule has 0 unspecified atom stereocenters. The molecule has 1 aromatic rings. The predicted octanol–water partition coefficient (Wildman–Crippen LogP) is 2.70. The Morgan fingerprint density at radius 3 is 2.62 bits per heavy atom. The first-order valence-electron chi connectivity index (χ1n) is 4.50. The van der Waals surface area contributed by atoms with Gasteiger partial charge in [0.2, 0.25) is 0 Å². The van der Waals surface area contributed by atoms with E-state index in [9.17, 15) is 0 Å². The van der Waals surface area contributed by atoms with Crippen LogP contribution >= 0.6 is 0 Å². The van der Waals surface area contributed by atoms with E-state index >= 15 is 0 Å². The summed E-state index contributed by atoms with van der Waals surface area (Å²) in [4.78, 5) is 0. The molecular formula is C12H16O. The topological polar surface area (TPSA) is 20.2 Å². The first kappa shape index (κ1) is 10.0. The Bertz CT molecular complexity index is 324. The van der Waals surface area contributed by atoms with E-state index in [1.807, 2.05) is 13.0 Å². The molecular weight excluding hydrogens is 160 g/mol. The van der Waals surface area contributed by atoms with Crippen molar-refractivity contribution in [2.75, 3.05) is 6.61 Å². The van der Waals surface area contributed by atoms with Gasteiger partial charge in [0.05, 0.1) is 6.61 Å². The smallest absolute Gasteiger partial charge is 0.0618 e. The molecule has 0 atom stereocenters. The van der Waals surface area contributed by atoms with Gasteiger partial charge in [0.1, 0.15) is 0 Å². The van der Waals surface area contributed by atoms with Gasteiger partial charge in [-0.25, -0.2) is 0 Å². The zero-order chi connectivity index (χ0) is 9.84. The van der Waals surface area contributed by atoms with Crippen molar-refractivity contribution in [1.82, 2.24) is 0 Å². The molecule has 1 nitrogen and oxygen atoms in total. The Morgan fingerprint density at radius 2 is 2.08 bits per heavy atom. The Kier molecular flexibility index (Phi) is 3.26. The second-order valence-electron chi connectivity index (χ2n) is 3.39. The van der Waals surface area contributed by atoms with Crippen molar-refractivity contribution in [3.05, 3.63) is 41.0 Å². The van der Waals surface area contributed by atoms with Gasteiger partial charge in [-0.05, 0) is 37.5 Å². The number of aliphatic hydroxyl groups is 1. The number of aliphatic hydroxyl groups excluding tert-OH is 1. The lowest BCUT2D eigenvalue weighted by Crippen LogP contribution is -1.88. The highest BCUT2D eigenvalue weighted by Crippen LogP contribution is 2.18. The SMILES string of the molecule is CC(=CCO)c1ccc(C)cc1C. The van der Waals surface area contributed by atoms with E-state index in [4.69, 9.17) is 5.11 Å². The fourth-order valence-electron chi connectivity index (χ4n) is 1.50. The van der Waals surface area contributed by atoms with Gasteiger partial charge in [-0.1, -0.05) is 29.8 Å². The summed E-state index contributed by atoms with van der Waals surface area (Å²) in [7, 11) is 0. The largest absolute Gasteiger partial charge is 0.392 e. The van der Waals surface area contributed by atoms with Gasteiger partial charge in [0.15, 0.2) is 0 Å². The molecule has 0 spiro atoms. The van der Waals surface area contributed by atoms with Crippen molar-refractivity contribution in [3.63, 3.8) is 0 Å². The Balaban J connectivity index is 3.09. The van der Waals surface area contributed by atoms with Crippen molar-refractivity contribution in [2.45, 2.75) is 20.8 Å². The molecule has 1 rings (SSSR count). The quantitative estimate of drug-likeness (QED) is 0.734. The third-order valence-electron chi connectivity index (χ3n) is 2.20. The van der Waals surface area contributed by atoms with Crippen molar-refractivity contribution in [2.24, 2.45) is 0 Å². The van der Waals surface area contributed by atoms with Gasteiger partial charge in [0.25, 0.3) is 0 Å². The highest BCUT2D eigenvalue weighted by Gasteiger charge is 1.99. The van der Waals surface area contributed by atoms with Gasteiger partial charge in [-0.3, -0.25) is 0 Å². The van der Waals surface area contributed by atoms with E-state index in [1.54, 1.807) is 0 Å². The minimum Gasteiger partial charge on any atom is -0.392 e. The van der Waals surface area contributed by atoms with Crippen LogP contribution in [0.3, 0.4) is 0 Å². The molecule has 0 aromatic heterocycles. The summed E-state index contributed by atoms with van der Waals surface area (Å²) < 4.78 is 0. The molecule has 0 radical (unpaired) electrons. The lowest BCUT2D eigenvalue weighted by atomic mass is 10.00. The summed E-state index contributed by atoms with van der Waals surface area (Å²) in [5, 5.41) is 8.77. The average Bonchev–Trinajstić information content (AvgIpc) is 2.04. The summed E-state index contributed by atoms with van der Waals surface area (Å²) in [5.74, 6) is 0. The average molecular weight is 176 g/mol. The molecule has 0 aliphatic rings. The predicted molar refractivity (Wildman–Crippen MR) is 56.7 cm³/mol. The van der Waals surface area contributed by atoms with E-state index in [0.29, 0.717) is 0 Å². The summed E-state index contributed by atoms with van der Waals surface area (Å²) in [6.07, 6.45) is 1.83. The first-order valence-corrected chi connectivity index (χ1v) is 4.50. The normalized spacial score (nSPS) is 11.8. The second-order valence-corrected chi connectivity index (χ2v) is 3.39. The maximum Gasteiger partial charge on any atom is 0.0618 e. The maximum absolute atomic E-state index is 8.77. The lowest BCUT2D eigenvalue weighted by molar-refractivity contribution is 0.343. The zero-order valence-electron chi connectivity index (χ0n) is 8.46. The van der Waals surface area contributed by atoms with Crippen LogP contribution in [0.1, 0.15) is 23.6 Å². The molecule has 70 valence electrons. The molecule has 0 fully saturated rings. The maximum atomic E-state index is 8.77. The monoisotopic (exact) mass is 176 g/mol. The lowest BCUT2D eigenvalue weighted by Gasteiger charge is -2.06. The molecule has 0 amide bonds. The van der Waals surface area contributed by atoms with Gasteiger partial charge < -0.3 is 5.11 Å². The standard InChI is InChI=1S/C12H16O/c1-9-4-5-12(11(3)8-9)10(2)6-7-13/h4-6,8,13H,7H2,1-3H3. The van der Waals surface area contributed by atoms with E-state index in [-0.39, 0.29) is 6.61 Å². The van der Waals surface area contributed by atoms with E-state index < -0.39 is 0 Å². The van der Waals surface area contributed by atoms with Crippen LogP contribution in [0.4, 0.5) is 0 Å². The third kappa shape index (κ3) is 2.43. The van der Waals surface area contributed by atoms with Crippen LogP contribution in [0.2, 0.25) is 0 Å². The molecule has 0 aliphatic heterocycles. The number of hydrogen-bond donors (Lipinski definition) is 1. The number of allylic oxidation sites excluding steroid dienone is 1. The van der Waals surface area contributed by atoms with Crippen LogP contribution in [-0.2, 0) is 0 Å². The van der Waals surface area contributed by atoms with Crippen LogP contribution in [0.25, 0.3) is 5.57 Å². The third-order valence-corrected chi connectivity index (χ3v) is 2.20. The highest BCUT2D eigenvalue weighted by molar-refractivity contribution is 5.66. The van der Waals surface area contributed by atoms with E-state index in [1.165, 1.54) is 16.7 Å². The molecule has 13 heavy (non-hydrogen) atoms. The van der Waals surface area contributed by atoms with Crippen LogP contribution in [0.5, 0.6) is 0 Å². The van der Waals surface area contributed by atoms with E-state index in [2.05, 4.69) is 32.0 Å². The number of hydrogen-bond acceptors (Lipinski definition) is 1. The minimum atomic E-state index is 0.110. The van der Waals surface area contributed by atoms with E-state index in [0.717, 1.165) is 5.57 Å². The second kappa shape index (κ2) is 4.24. The Hall–Kier alpha value is -1.08. The molecule has 0 saturated heterocycles. The number of benzene rings is 1. The molecule has 0 heterocycles. The van der Waals surface area contributed by atoms with Crippen LogP contribution in [-0.4, -0.2) is 11.7 Å². The first-order chi connectivity index (χ1) is 6.15. The molecule has 0 aliphatic carbocycles. The zero-order valence-corrected chi connectivity index (χ0v) is 8.46. The molecule has 0 saturated carbocycles. The Labute approximate surface area is 79.7 Å². The fraction of sp³-hybridized carbons (Fsp3) is 0.333. The molecule has 1 heteroatoms. The van der Waals surface area contributed by atoms with Gasteiger partial charge in [0, 0.05) is 0 Å². The number of aryl methyl sites for hydroxylation is 2. The highest BCUT2D eigenvalue weighted by atomic mass is 16.2. The van der Waals surface area contributed by atoms with Crippen molar-refractivity contribution in [1.29, 1.82) is 0 Å². The molecule has 1 N–H and O–H groups in total. The summed E-state index contributed by atoms with van der Waals surface area (Å²) in [5.41, 5.74) is 4.90. The van der Waals surface area contributed by atoms with Crippen molar-refractivity contribution in [3.8, 4) is 0 Å². The summed E-state index contributed by atoms with van der Waals surface area (Å²) in [6, 6.07) is 6.35. The van der Waals surface area contributed by atoms with Crippen molar-refractivity contribution >= 4 is 5.57 Å². The number of rotatable bonds is 2. The van der Waals surface area contributed by atoms with Crippen LogP contribution in [0, 0.1) is 13.8 Å². The fourth-order valence-corrected chi connectivity index (χ4v) is 1.50. The Morgan fingerprint density at radius 1 is 1.38 bits per heavy atom. The van der Waals surface area contributed by atoms with Gasteiger partial charge in [-0.15, -0.1) is 0 Å². The van der Waals surface area contributed by atoms with Crippen LogP contribution < -0.4 is 0 Å². The van der Waals surface area contributed by atoms with Crippen LogP contribution in [0.15, 0.2) is 24.3 Å². The summed E-state index contributed by atoms with van der Waals surface area (Å²) >= 11 is 0. The van der Waals surface area contributed by atoms with Crippen molar-refractivity contribution < 1.29 is 5.11 Å². The molecule has 0 bridgehead atoms. The van der Waals surface area contributed by atoms with Gasteiger partial charge in [-0.2, -0.15) is 0 Å². The van der Waals surface area contributed by atoms with Gasteiger partial charge >= 0.3 is 0 Å². The summed E-state index contributed by atoms with van der Waals surface area (Å²) in [6.45, 7) is 6.31.